The molecule has 6 heteroatoms. The Morgan fingerprint density at radius 2 is 1.24 bits per heavy atom. The molecule has 2 N–H and O–H groups in total. The van der Waals surface area contributed by atoms with E-state index in [0.29, 0.717) is 24.4 Å². The third-order valence-corrected chi connectivity index (χ3v) is 12.7. The zero-order valence-electron chi connectivity index (χ0n) is 15.0. The Hall–Kier alpha value is 0.771. The molecular weight excluding hydrogens is 320 g/mol. The van der Waals surface area contributed by atoms with Crippen LogP contribution in [0, 0.1) is 17.8 Å². The Morgan fingerprint density at radius 3 is 1.52 bits per heavy atom. The van der Waals surface area contributed by atoms with E-state index in [4.69, 9.17) is 6.33 Å². The van der Waals surface area contributed by atoms with E-state index in [1.165, 1.54) is 0 Å². The topological polar surface area (TPSA) is 58.9 Å². The molecule has 0 heterocycles. The number of hydrogen-bond donors (Lipinski definition) is 2. The van der Waals surface area contributed by atoms with Gasteiger partial charge in [0.05, 0.1) is 0 Å². The van der Waals surface area contributed by atoms with Gasteiger partial charge in [0.15, 0.2) is 0 Å². The minimum atomic E-state index is -4.54. The van der Waals surface area contributed by atoms with Crippen molar-refractivity contribution < 1.29 is 31.8 Å². The molecule has 0 aromatic heterocycles. The predicted octanol–water partition coefficient (Wildman–Crippen LogP) is 4.14. The van der Waals surface area contributed by atoms with E-state index < -0.39 is 26.5 Å². The van der Waals surface area contributed by atoms with Crippen molar-refractivity contribution in [2.45, 2.75) is 73.0 Å². The van der Waals surface area contributed by atoms with Crippen LogP contribution in [0.4, 0.5) is 0 Å². The van der Waals surface area contributed by atoms with Crippen LogP contribution in [0.25, 0.3) is 0 Å². The predicted molar refractivity (Wildman–Crippen MR) is 86.5 cm³/mol. The summed E-state index contributed by atoms with van der Waals surface area (Å²) in [4.78, 5) is 0. The maximum atomic E-state index is 10.3. The Balaban J connectivity index is 5.21. The molecule has 0 aliphatic rings. The van der Waals surface area contributed by atoms with Crippen LogP contribution in [-0.4, -0.2) is 22.3 Å². The van der Waals surface area contributed by atoms with Crippen LogP contribution in [-0.2, 0) is 24.5 Å². The quantitative estimate of drug-likeness (QED) is 0.546. The Kier molecular flexibility index (Phi) is 10.2. The molecule has 0 unspecified atom stereocenters. The van der Waals surface area contributed by atoms with Gasteiger partial charge in [-0.15, -0.1) is 0 Å². The van der Waals surface area contributed by atoms with E-state index in [-0.39, 0.29) is 0 Å². The molecule has 0 fully saturated rings. The first kappa shape index (κ1) is 21.8. The number of hydrogen-bond acceptors (Lipinski definition) is 4. The van der Waals surface area contributed by atoms with Crippen molar-refractivity contribution in [1.29, 1.82) is 0 Å². The molecule has 4 nitrogen and oxygen atoms in total. The van der Waals surface area contributed by atoms with Crippen molar-refractivity contribution in [3.05, 3.63) is 0 Å². The monoisotopic (exact) mass is 356 g/mol. The Bertz CT molecular complexity index is 256. The van der Waals surface area contributed by atoms with E-state index in [1.54, 1.807) is 0 Å². The van der Waals surface area contributed by atoms with Gasteiger partial charge in [0.1, 0.15) is 0 Å². The van der Waals surface area contributed by atoms with Crippen molar-refractivity contribution in [1.82, 2.24) is 0 Å². The second-order valence-corrected chi connectivity index (χ2v) is 14.4. The number of rotatable bonds is 11. The van der Waals surface area contributed by atoms with Crippen molar-refractivity contribution in [3.63, 3.8) is 0 Å². The van der Waals surface area contributed by atoms with Crippen LogP contribution in [0.2, 0.25) is 18.1 Å². The van der Waals surface area contributed by atoms with Gasteiger partial charge in [-0.25, -0.2) is 0 Å². The van der Waals surface area contributed by atoms with Crippen LogP contribution in [0.1, 0.15) is 54.9 Å². The van der Waals surface area contributed by atoms with Crippen LogP contribution in [0.15, 0.2) is 0 Å². The first-order valence-electron chi connectivity index (χ1n) is 8.30. The molecule has 0 saturated heterocycles. The average Bonchev–Trinajstić information content (AvgIpc) is 2.21. The maximum absolute atomic E-state index is 10.3. The van der Waals surface area contributed by atoms with Gasteiger partial charge in [-0.05, 0) is 0 Å². The van der Waals surface area contributed by atoms with Gasteiger partial charge < -0.3 is 0 Å². The Morgan fingerprint density at radius 1 is 0.857 bits per heavy atom. The normalized spacial score (nSPS) is 13.7. The van der Waals surface area contributed by atoms with Gasteiger partial charge in [-0.2, -0.15) is 0 Å². The van der Waals surface area contributed by atoms with E-state index in [2.05, 4.69) is 41.5 Å². The fraction of sp³-hybridized carbons (Fsp3) is 1.00. The third-order valence-electron chi connectivity index (χ3n) is 3.18. The summed E-state index contributed by atoms with van der Waals surface area (Å²) in [7, 11) is -2.21. The summed E-state index contributed by atoms with van der Waals surface area (Å²) in [5, 5.41) is 0. The summed E-state index contributed by atoms with van der Waals surface area (Å²) in [5.74, 6) is 1.50. The third kappa shape index (κ3) is 10.2. The van der Waals surface area contributed by atoms with E-state index in [0.717, 1.165) is 24.6 Å². The molecule has 21 heavy (non-hydrogen) atoms. The summed E-state index contributed by atoms with van der Waals surface area (Å²) >= 11 is -4.54. The first-order chi connectivity index (χ1) is 9.52. The van der Waals surface area contributed by atoms with E-state index >= 15 is 0 Å². The summed E-state index contributed by atoms with van der Waals surface area (Å²) in [6.07, 6.45) is 0.768. The summed E-state index contributed by atoms with van der Waals surface area (Å²) < 4.78 is 31.9. The molecule has 0 bridgehead atoms. The summed E-state index contributed by atoms with van der Waals surface area (Å²) in [6, 6.07) is 2.90. The molecule has 0 aliphatic heterocycles. The van der Waals surface area contributed by atoms with Gasteiger partial charge >= 0.3 is 138 Å². The van der Waals surface area contributed by atoms with Crippen LogP contribution in [0.3, 0.4) is 0 Å². The van der Waals surface area contributed by atoms with Crippen molar-refractivity contribution in [3.8, 4) is 0 Å². The van der Waals surface area contributed by atoms with Crippen molar-refractivity contribution >= 4 is 8.32 Å². The zero-order valence-corrected chi connectivity index (χ0v) is 17.5. The van der Waals surface area contributed by atoms with Gasteiger partial charge in [0.2, 0.25) is 0 Å². The van der Waals surface area contributed by atoms with Gasteiger partial charge in [-0.1, -0.05) is 0 Å². The van der Waals surface area contributed by atoms with Crippen LogP contribution in [0.5, 0.6) is 0 Å². The molecule has 0 spiro atoms. The molecule has 0 aromatic carbocycles. The summed E-state index contributed by atoms with van der Waals surface area (Å²) in [5.41, 5.74) is 0. The molecule has 0 atom stereocenters. The van der Waals surface area contributed by atoms with Crippen molar-refractivity contribution in [2.24, 2.45) is 17.8 Å². The van der Waals surface area contributed by atoms with E-state index in [9.17, 15) is 7.38 Å². The molecular formula is C15H36O4SiTi. The fourth-order valence-electron chi connectivity index (χ4n) is 3.15. The van der Waals surface area contributed by atoms with Crippen molar-refractivity contribution in [2.75, 3.05) is 6.61 Å². The molecule has 0 radical (unpaired) electrons. The molecule has 0 amide bonds. The molecule has 0 aromatic rings. The zero-order chi connectivity index (χ0) is 16.7. The summed E-state index contributed by atoms with van der Waals surface area (Å²) in [6.45, 7) is 15.4. The van der Waals surface area contributed by atoms with E-state index in [1.807, 2.05) is 6.92 Å². The second-order valence-electron chi connectivity index (χ2n) is 7.48. The van der Waals surface area contributed by atoms with Crippen LogP contribution >= 0.6 is 0 Å². The SMILES string of the molecule is CCC[O][Ti]([OH])([OH])[O][Si](CC(C)C)(CC(C)C)CC(C)C. The fourth-order valence-corrected chi connectivity index (χ4v) is 13.8. The molecule has 128 valence electrons. The molecule has 0 rings (SSSR count). The standard InChI is InChI=1S/C12H27OSi.C3H7O.2H2O.Ti/c1-10(2)7-14(13,8-11(3)4)9-12(5)6;1-2-3-4;;;/h10-12H,7-9H2,1-6H3;2-3H2,1H3;2*1H2;/q2*-1;;;+4/p-2. The second kappa shape index (κ2) is 9.81. The van der Waals surface area contributed by atoms with Gasteiger partial charge in [-0.3, -0.25) is 0 Å². The minimum absolute atomic E-state index is 0.364. The van der Waals surface area contributed by atoms with Crippen LogP contribution < -0.4 is 0 Å². The van der Waals surface area contributed by atoms with Gasteiger partial charge in [0, 0.05) is 0 Å². The molecule has 0 saturated carbocycles. The first-order valence-corrected chi connectivity index (χ1v) is 13.5. The molecule has 0 aliphatic carbocycles. The Labute approximate surface area is 137 Å². The average molecular weight is 356 g/mol. The van der Waals surface area contributed by atoms with Gasteiger partial charge in [0.25, 0.3) is 0 Å².